The maximum atomic E-state index is 14.4. The molecule has 0 fully saturated rings. The van der Waals surface area contributed by atoms with Gasteiger partial charge in [-0.25, -0.2) is 9.37 Å². The molecular formula is C28H22F4N4O2. The smallest absolute Gasteiger partial charge is 0.369 e. The maximum Gasteiger partial charge on any atom is 0.416 e. The number of nitrogen functional groups attached to an aromatic ring is 1. The van der Waals surface area contributed by atoms with Gasteiger partial charge in [-0.1, -0.05) is 60.7 Å². The van der Waals surface area contributed by atoms with Crippen molar-refractivity contribution in [3.8, 4) is 0 Å². The molecule has 0 spiro atoms. The van der Waals surface area contributed by atoms with Crippen LogP contribution in [0.2, 0.25) is 0 Å². The first-order valence-electron chi connectivity index (χ1n) is 11.8. The van der Waals surface area contributed by atoms with E-state index in [1.807, 2.05) is 60.7 Å². The summed E-state index contributed by atoms with van der Waals surface area (Å²) >= 11 is 0. The molecule has 10 heteroatoms. The van der Waals surface area contributed by atoms with Crippen LogP contribution in [0.25, 0.3) is 0 Å². The lowest BCUT2D eigenvalue weighted by Gasteiger charge is -2.30. The highest BCUT2D eigenvalue weighted by molar-refractivity contribution is 5.94. The zero-order chi connectivity index (χ0) is 27.0. The number of alkyl halides is 3. The van der Waals surface area contributed by atoms with Crippen LogP contribution in [0, 0.1) is 5.82 Å². The number of aromatic nitrogens is 2. The maximum absolute atomic E-state index is 14.4. The van der Waals surface area contributed by atoms with Crippen LogP contribution in [0.4, 0.5) is 23.5 Å². The zero-order valence-electron chi connectivity index (χ0n) is 20.0. The number of nitrogens with zero attached hydrogens (tertiary/aromatic N) is 3. The van der Waals surface area contributed by atoms with E-state index < -0.39 is 35.1 Å². The highest BCUT2D eigenvalue weighted by Gasteiger charge is 2.33. The second kappa shape index (κ2) is 9.77. The van der Waals surface area contributed by atoms with E-state index in [1.54, 1.807) is 0 Å². The van der Waals surface area contributed by atoms with Gasteiger partial charge in [0.15, 0.2) is 0 Å². The minimum absolute atomic E-state index is 0.0542. The summed E-state index contributed by atoms with van der Waals surface area (Å²) in [5.74, 6) is -2.12. The van der Waals surface area contributed by atoms with E-state index >= 15 is 0 Å². The molecule has 1 aliphatic rings. The van der Waals surface area contributed by atoms with Crippen molar-refractivity contribution in [1.82, 2.24) is 14.5 Å². The zero-order valence-corrected chi connectivity index (χ0v) is 20.0. The van der Waals surface area contributed by atoms with Gasteiger partial charge in [-0.3, -0.25) is 14.2 Å². The van der Waals surface area contributed by atoms with E-state index in [0.29, 0.717) is 17.7 Å². The number of halogens is 4. The Morgan fingerprint density at radius 2 is 1.55 bits per heavy atom. The molecule has 0 saturated carbocycles. The summed E-state index contributed by atoms with van der Waals surface area (Å²) in [5.41, 5.74) is 6.62. The molecule has 0 saturated heterocycles. The lowest BCUT2D eigenvalue weighted by Crippen LogP contribution is -2.42. The van der Waals surface area contributed by atoms with Crippen molar-refractivity contribution in [1.29, 1.82) is 0 Å². The summed E-state index contributed by atoms with van der Waals surface area (Å²) in [4.78, 5) is 32.4. The van der Waals surface area contributed by atoms with Crippen LogP contribution in [0.1, 0.15) is 44.3 Å². The summed E-state index contributed by atoms with van der Waals surface area (Å²) < 4.78 is 54.5. The summed E-state index contributed by atoms with van der Waals surface area (Å²) in [7, 11) is 0. The standard InChI is InChI=1S/C28H22F4N4O2/c29-22-15-19(28(30,31)32)11-12-20(22)25(37)35-14-13-21-23(16-35)34-27(33)36(26(21)38)24(17-7-3-1-4-8-17)18-9-5-2-6-10-18/h1-12,15,24H,13-14,16H2,(H2,33,34). The Morgan fingerprint density at radius 1 is 0.947 bits per heavy atom. The van der Waals surface area contributed by atoms with Crippen molar-refractivity contribution >= 4 is 11.9 Å². The average Bonchev–Trinajstić information content (AvgIpc) is 2.90. The number of carbonyl (C=O) groups is 1. The van der Waals surface area contributed by atoms with E-state index in [-0.39, 0.29) is 36.7 Å². The third kappa shape index (κ3) is 4.65. The first kappa shape index (κ1) is 25.2. The number of hydrogen-bond donors (Lipinski definition) is 1. The fourth-order valence-electron chi connectivity index (χ4n) is 4.74. The molecule has 1 amide bonds. The van der Waals surface area contributed by atoms with Crippen molar-refractivity contribution in [2.24, 2.45) is 0 Å². The Labute approximate surface area is 215 Å². The van der Waals surface area contributed by atoms with E-state index in [1.165, 1.54) is 9.47 Å². The molecule has 4 aromatic rings. The molecule has 2 N–H and O–H groups in total. The molecule has 2 heterocycles. The van der Waals surface area contributed by atoms with Gasteiger partial charge in [0.25, 0.3) is 11.5 Å². The van der Waals surface area contributed by atoms with Gasteiger partial charge in [-0.15, -0.1) is 0 Å². The molecule has 0 aliphatic carbocycles. The fraction of sp³-hybridized carbons (Fsp3) is 0.179. The third-order valence-corrected chi connectivity index (χ3v) is 6.60. The fourth-order valence-corrected chi connectivity index (χ4v) is 4.74. The van der Waals surface area contributed by atoms with Crippen LogP contribution in [0.5, 0.6) is 0 Å². The number of benzene rings is 3. The van der Waals surface area contributed by atoms with E-state index in [2.05, 4.69) is 4.98 Å². The minimum Gasteiger partial charge on any atom is -0.369 e. The summed E-state index contributed by atoms with van der Waals surface area (Å²) in [6, 6.07) is 20.0. The SMILES string of the molecule is Nc1nc2c(c(=O)n1C(c1ccccc1)c1ccccc1)CCN(C(=O)c1ccc(C(F)(F)F)cc1F)C2. The van der Waals surface area contributed by atoms with Crippen molar-refractivity contribution in [3.05, 3.63) is 129 Å². The van der Waals surface area contributed by atoms with E-state index in [4.69, 9.17) is 5.73 Å². The second-order valence-electron chi connectivity index (χ2n) is 8.96. The van der Waals surface area contributed by atoms with Crippen LogP contribution >= 0.6 is 0 Å². The molecule has 0 radical (unpaired) electrons. The first-order valence-corrected chi connectivity index (χ1v) is 11.8. The van der Waals surface area contributed by atoms with Gasteiger partial charge in [-0.2, -0.15) is 13.2 Å². The predicted molar refractivity (Wildman–Crippen MR) is 133 cm³/mol. The van der Waals surface area contributed by atoms with Gasteiger partial charge in [-0.05, 0) is 35.7 Å². The quantitative estimate of drug-likeness (QED) is 0.390. The third-order valence-electron chi connectivity index (χ3n) is 6.60. The lowest BCUT2D eigenvalue weighted by atomic mass is 9.97. The number of fused-ring (bicyclic) bond motifs is 1. The molecule has 1 aromatic heterocycles. The molecule has 3 aromatic carbocycles. The van der Waals surface area contributed by atoms with Crippen LogP contribution in [0.15, 0.2) is 83.7 Å². The Bertz CT molecular complexity index is 1510. The monoisotopic (exact) mass is 522 g/mol. The normalized spacial score (nSPS) is 13.4. The number of nitrogens with two attached hydrogens (primary N) is 1. The van der Waals surface area contributed by atoms with Gasteiger partial charge < -0.3 is 10.6 Å². The number of carbonyl (C=O) groups excluding carboxylic acids is 1. The van der Waals surface area contributed by atoms with Gasteiger partial charge in [0, 0.05) is 12.1 Å². The molecule has 0 bridgehead atoms. The van der Waals surface area contributed by atoms with Crippen LogP contribution in [-0.2, 0) is 19.1 Å². The second-order valence-corrected chi connectivity index (χ2v) is 8.96. The predicted octanol–water partition coefficient (Wildman–Crippen LogP) is 4.82. The average molecular weight is 523 g/mol. The van der Waals surface area contributed by atoms with Gasteiger partial charge in [0.2, 0.25) is 5.95 Å². The molecule has 38 heavy (non-hydrogen) atoms. The van der Waals surface area contributed by atoms with Crippen molar-refractivity contribution in [2.45, 2.75) is 25.2 Å². The Morgan fingerprint density at radius 3 is 2.11 bits per heavy atom. The molecule has 194 valence electrons. The van der Waals surface area contributed by atoms with Crippen LogP contribution in [-0.4, -0.2) is 26.9 Å². The Hall–Kier alpha value is -4.47. The van der Waals surface area contributed by atoms with Crippen LogP contribution in [0.3, 0.4) is 0 Å². The summed E-state index contributed by atoms with van der Waals surface area (Å²) in [6.45, 7) is -0.0648. The van der Waals surface area contributed by atoms with Crippen molar-refractivity contribution in [2.75, 3.05) is 12.3 Å². The highest BCUT2D eigenvalue weighted by Crippen LogP contribution is 2.31. The molecule has 6 nitrogen and oxygen atoms in total. The van der Waals surface area contributed by atoms with Crippen LogP contribution < -0.4 is 11.3 Å². The number of rotatable bonds is 4. The lowest BCUT2D eigenvalue weighted by molar-refractivity contribution is -0.137. The summed E-state index contributed by atoms with van der Waals surface area (Å²) in [6.07, 6.45) is -4.60. The Kier molecular flexibility index (Phi) is 6.48. The largest absolute Gasteiger partial charge is 0.416 e. The van der Waals surface area contributed by atoms with Gasteiger partial charge in [0.1, 0.15) is 5.82 Å². The number of hydrogen-bond acceptors (Lipinski definition) is 4. The van der Waals surface area contributed by atoms with Crippen molar-refractivity contribution < 1.29 is 22.4 Å². The minimum atomic E-state index is -4.73. The van der Waals surface area contributed by atoms with Crippen molar-refractivity contribution in [3.63, 3.8) is 0 Å². The number of anilines is 1. The molecular weight excluding hydrogens is 500 g/mol. The topological polar surface area (TPSA) is 81.2 Å². The first-order chi connectivity index (χ1) is 18.1. The highest BCUT2D eigenvalue weighted by atomic mass is 19.4. The Balaban J connectivity index is 1.50. The van der Waals surface area contributed by atoms with E-state index in [0.717, 1.165) is 17.2 Å². The molecule has 1 aliphatic heterocycles. The molecule has 0 unspecified atom stereocenters. The molecule has 5 rings (SSSR count). The van der Waals surface area contributed by atoms with E-state index in [9.17, 15) is 27.2 Å². The number of amides is 1. The van der Waals surface area contributed by atoms with Gasteiger partial charge >= 0.3 is 6.18 Å². The van der Waals surface area contributed by atoms with Gasteiger partial charge in [0.05, 0.1) is 29.4 Å². The molecule has 0 atom stereocenters. The summed E-state index contributed by atoms with van der Waals surface area (Å²) in [5, 5.41) is 0.